The number of nitrogens with two attached hydrogens (primary N) is 1. The molecule has 1 heterocycles. The van der Waals surface area contributed by atoms with Crippen LogP contribution in [0.3, 0.4) is 0 Å². The van der Waals surface area contributed by atoms with E-state index in [1.165, 1.54) is 16.5 Å². The van der Waals surface area contributed by atoms with Crippen molar-refractivity contribution in [2.45, 2.75) is 18.9 Å². The van der Waals surface area contributed by atoms with Gasteiger partial charge >= 0.3 is 0 Å². The highest BCUT2D eigenvalue weighted by molar-refractivity contribution is 5.85. The minimum Gasteiger partial charge on any atom is -0.271 e. The van der Waals surface area contributed by atoms with Crippen LogP contribution in [0.1, 0.15) is 23.6 Å². The van der Waals surface area contributed by atoms with E-state index in [4.69, 9.17) is 5.84 Å². The summed E-state index contributed by atoms with van der Waals surface area (Å²) in [5.41, 5.74) is 5.52. The third-order valence-corrected chi connectivity index (χ3v) is 3.86. The average molecular weight is 277 g/mol. The fraction of sp³-hybridized carbons (Fsp3) is 0.167. The second-order valence-electron chi connectivity index (χ2n) is 5.19. The van der Waals surface area contributed by atoms with E-state index in [0.29, 0.717) is 0 Å². The van der Waals surface area contributed by atoms with Crippen molar-refractivity contribution in [3.8, 4) is 0 Å². The topological polar surface area (TPSA) is 50.9 Å². The van der Waals surface area contributed by atoms with Crippen molar-refractivity contribution < 1.29 is 0 Å². The molecule has 2 aromatic carbocycles. The van der Waals surface area contributed by atoms with Crippen molar-refractivity contribution in [2.75, 3.05) is 0 Å². The Balaban J connectivity index is 1.85. The maximum absolute atomic E-state index is 5.79. The highest BCUT2D eigenvalue weighted by Crippen LogP contribution is 2.26. The molecule has 1 aromatic heterocycles. The van der Waals surface area contributed by atoms with Gasteiger partial charge in [-0.2, -0.15) is 0 Å². The van der Waals surface area contributed by atoms with E-state index in [1.807, 2.05) is 18.5 Å². The second kappa shape index (κ2) is 6.48. The lowest BCUT2D eigenvalue weighted by Gasteiger charge is -2.18. The molecule has 0 saturated carbocycles. The summed E-state index contributed by atoms with van der Waals surface area (Å²) >= 11 is 0. The van der Waals surface area contributed by atoms with Crippen LogP contribution >= 0.6 is 0 Å². The Morgan fingerprint density at radius 2 is 1.86 bits per heavy atom. The summed E-state index contributed by atoms with van der Waals surface area (Å²) < 4.78 is 0. The molecular weight excluding hydrogens is 258 g/mol. The smallest absolute Gasteiger partial charge is 0.0469 e. The summed E-state index contributed by atoms with van der Waals surface area (Å²) in [5.74, 6) is 5.79. The predicted octanol–water partition coefficient (Wildman–Crippen LogP) is 3.37. The molecule has 0 aliphatic carbocycles. The van der Waals surface area contributed by atoms with Gasteiger partial charge in [-0.05, 0) is 35.4 Å². The van der Waals surface area contributed by atoms with Gasteiger partial charge in [0.15, 0.2) is 0 Å². The molecule has 106 valence electrons. The number of pyridine rings is 1. The number of fused-ring (bicyclic) bond motifs is 1. The van der Waals surface area contributed by atoms with Gasteiger partial charge in [0, 0.05) is 23.8 Å². The van der Waals surface area contributed by atoms with Gasteiger partial charge in [-0.15, -0.1) is 0 Å². The van der Waals surface area contributed by atoms with Crippen LogP contribution in [-0.2, 0) is 6.42 Å². The molecular formula is C18H19N3. The quantitative estimate of drug-likeness (QED) is 0.555. The number of benzene rings is 2. The van der Waals surface area contributed by atoms with Gasteiger partial charge in [0.2, 0.25) is 0 Å². The molecule has 0 radical (unpaired) electrons. The second-order valence-corrected chi connectivity index (χ2v) is 5.19. The fourth-order valence-corrected chi connectivity index (χ4v) is 2.74. The number of aromatic nitrogens is 1. The van der Waals surface area contributed by atoms with Gasteiger partial charge in [-0.25, -0.2) is 0 Å². The summed E-state index contributed by atoms with van der Waals surface area (Å²) in [6, 6.07) is 19.0. The third kappa shape index (κ3) is 3.10. The van der Waals surface area contributed by atoms with Crippen molar-refractivity contribution in [1.29, 1.82) is 0 Å². The lowest BCUT2D eigenvalue weighted by atomic mass is 9.95. The van der Waals surface area contributed by atoms with Crippen LogP contribution in [0.15, 0.2) is 67.0 Å². The van der Waals surface area contributed by atoms with E-state index in [0.717, 1.165) is 18.2 Å². The first-order chi connectivity index (χ1) is 10.4. The van der Waals surface area contributed by atoms with E-state index in [-0.39, 0.29) is 6.04 Å². The Kier molecular flexibility index (Phi) is 4.24. The Morgan fingerprint density at radius 1 is 1.00 bits per heavy atom. The van der Waals surface area contributed by atoms with Crippen LogP contribution in [0, 0.1) is 0 Å². The molecule has 0 fully saturated rings. The van der Waals surface area contributed by atoms with Gasteiger partial charge in [0.1, 0.15) is 0 Å². The minimum absolute atomic E-state index is 0.135. The summed E-state index contributed by atoms with van der Waals surface area (Å²) in [6.45, 7) is 0. The lowest BCUT2D eigenvalue weighted by Crippen LogP contribution is -2.28. The summed E-state index contributed by atoms with van der Waals surface area (Å²) in [7, 11) is 0. The van der Waals surface area contributed by atoms with Crippen molar-refractivity contribution in [3.05, 3.63) is 78.1 Å². The van der Waals surface area contributed by atoms with E-state index in [9.17, 15) is 0 Å². The van der Waals surface area contributed by atoms with Crippen LogP contribution in [0.2, 0.25) is 0 Å². The number of hydrogen-bond acceptors (Lipinski definition) is 3. The largest absolute Gasteiger partial charge is 0.271 e. The number of rotatable bonds is 5. The maximum Gasteiger partial charge on any atom is 0.0469 e. The zero-order valence-electron chi connectivity index (χ0n) is 11.9. The van der Waals surface area contributed by atoms with Gasteiger partial charge < -0.3 is 0 Å². The Labute approximate surface area is 124 Å². The van der Waals surface area contributed by atoms with E-state index in [1.54, 1.807) is 0 Å². The van der Waals surface area contributed by atoms with E-state index in [2.05, 4.69) is 58.9 Å². The standard InChI is InChI=1S/C18H19N3/c19-21-18(10-9-14-5-2-1-3-6-14)17-8-4-7-15-13-20-12-11-16(15)17/h1-8,11-13,18,21H,9-10,19H2. The highest BCUT2D eigenvalue weighted by atomic mass is 15.2. The van der Waals surface area contributed by atoms with Crippen molar-refractivity contribution in [3.63, 3.8) is 0 Å². The van der Waals surface area contributed by atoms with Crippen LogP contribution in [0.25, 0.3) is 10.8 Å². The first kappa shape index (κ1) is 13.7. The van der Waals surface area contributed by atoms with E-state index < -0.39 is 0 Å². The predicted molar refractivity (Wildman–Crippen MR) is 86.6 cm³/mol. The zero-order valence-corrected chi connectivity index (χ0v) is 11.9. The van der Waals surface area contributed by atoms with Gasteiger partial charge in [-0.1, -0.05) is 48.5 Å². The van der Waals surface area contributed by atoms with Gasteiger partial charge in [-0.3, -0.25) is 16.3 Å². The van der Waals surface area contributed by atoms with Crippen LogP contribution in [0.4, 0.5) is 0 Å². The number of hydrazine groups is 1. The monoisotopic (exact) mass is 277 g/mol. The molecule has 3 rings (SSSR count). The molecule has 1 atom stereocenters. The molecule has 21 heavy (non-hydrogen) atoms. The fourth-order valence-electron chi connectivity index (χ4n) is 2.74. The first-order valence-electron chi connectivity index (χ1n) is 7.21. The Hall–Kier alpha value is -2.23. The number of nitrogens with one attached hydrogen (secondary N) is 1. The number of aryl methyl sites for hydroxylation is 1. The molecule has 3 nitrogen and oxygen atoms in total. The third-order valence-electron chi connectivity index (χ3n) is 3.86. The Morgan fingerprint density at radius 3 is 2.67 bits per heavy atom. The average Bonchev–Trinajstić information content (AvgIpc) is 2.56. The SMILES string of the molecule is NNC(CCc1ccccc1)c1cccc2cnccc12. The van der Waals surface area contributed by atoms with Gasteiger partial charge in [0.25, 0.3) is 0 Å². The zero-order chi connectivity index (χ0) is 14.5. The summed E-state index contributed by atoms with van der Waals surface area (Å²) in [6.07, 6.45) is 5.68. The molecule has 0 saturated heterocycles. The molecule has 0 aliphatic rings. The van der Waals surface area contributed by atoms with Crippen molar-refractivity contribution >= 4 is 10.8 Å². The molecule has 0 amide bonds. The summed E-state index contributed by atoms with van der Waals surface area (Å²) in [4.78, 5) is 4.18. The van der Waals surface area contributed by atoms with Crippen molar-refractivity contribution in [1.82, 2.24) is 10.4 Å². The molecule has 1 unspecified atom stereocenters. The van der Waals surface area contributed by atoms with Crippen molar-refractivity contribution in [2.24, 2.45) is 5.84 Å². The number of hydrogen-bond donors (Lipinski definition) is 2. The molecule has 0 spiro atoms. The molecule has 3 aromatic rings. The lowest BCUT2D eigenvalue weighted by molar-refractivity contribution is 0.519. The Bertz CT molecular complexity index is 704. The highest BCUT2D eigenvalue weighted by Gasteiger charge is 2.12. The number of nitrogens with zero attached hydrogens (tertiary/aromatic N) is 1. The van der Waals surface area contributed by atoms with Crippen LogP contribution in [-0.4, -0.2) is 4.98 Å². The molecule has 0 aliphatic heterocycles. The van der Waals surface area contributed by atoms with E-state index >= 15 is 0 Å². The normalized spacial score (nSPS) is 12.4. The minimum atomic E-state index is 0.135. The maximum atomic E-state index is 5.79. The first-order valence-corrected chi connectivity index (χ1v) is 7.21. The van der Waals surface area contributed by atoms with Gasteiger partial charge in [0.05, 0.1) is 0 Å². The molecule has 0 bridgehead atoms. The van der Waals surface area contributed by atoms with Crippen LogP contribution in [0.5, 0.6) is 0 Å². The molecule has 3 N–H and O–H groups in total. The van der Waals surface area contributed by atoms with Crippen LogP contribution < -0.4 is 11.3 Å². The molecule has 3 heteroatoms. The summed E-state index contributed by atoms with van der Waals surface area (Å²) in [5, 5.41) is 2.36.